The average Bonchev–Trinajstić information content (AvgIpc) is 0. The van der Waals surface area contributed by atoms with Crippen molar-refractivity contribution in [2.45, 2.75) is 0 Å². The second kappa shape index (κ2) is 386. The van der Waals surface area contributed by atoms with Crippen LogP contribution in [0.5, 0.6) is 0 Å². The largest absolute Gasteiger partial charge is 1.00 e. The molecule has 0 aromatic heterocycles. The summed E-state index contributed by atoms with van der Waals surface area (Å²) in [5, 5.41) is 0. The fourth-order valence-corrected chi connectivity index (χ4v) is 0. The van der Waals surface area contributed by atoms with Gasteiger partial charge in [-0.05, 0) is 0 Å². The molecule has 0 heterocycles. The van der Waals surface area contributed by atoms with Crippen molar-refractivity contribution >= 4 is 9.90 Å². The van der Waals surface area contributed by atoms with Crippen molar-refractivity contribution in [3.8, 4) is 0 Å². The predicted octanol–water partition coefficient (Wildman–Crippen LogP) is -1.91. The maximum absolute atomic E-state index is 0. The number of hydrogen-bond acceptors (Lipinski definition) is 0. The van der Waals surface area contributed by atoms with E-state index in [1.165, 1.54) is 0 Å². The van der Waals surface area contributed by atoms with Crippen molar-refractivity contribution in [1.29, 1.82) is 0 Å². The molecule has 0 amide bonds. The van der Waals surface area contributed by atoms with E-state index in [9.17, 15) is 0 Å². The Morgan fingerprint density at radius 3 is 0.500 bits per heavy atom. The van der Waals surface area contributed by atoms with Gasteiger partial charge in [0.1, 0.15) is 0 Å². The van der Waals surface area contributed by atoms with Gasteiger partial charge in [0.05, 0.1) is 0 Å². The van der Waals surface area contributed by atoms with Crippen LogP contribution in [-0.4, -0.2) is 0 Å². The summed E-state index contributed by atoms with van der Waals surface area (Å²) in [5.74, 6) is 0. The molecular weight excluding hydrogens is 168 g/mol. The summed E-state index contributed by atoms with van der Waals surface area (Å²) in [7, 11) is 0. The van der Waals surface area contributed by atoms with E-state index in [0.29, 0.717) is 0 Å². The molecule has 0 radical (unpaired) electrons. The van der Waals surface area contributed by atoms with Crippen LogP contribution in [0.2, 0.25) is 0 Å². The van der Waals surface area contributed by atoms with Crippen molar-refractivity contribution in [2.75, 3.05) is 0 Å². The minimum Gasteiger partial charge on any atom is -1.00 e. The van der Waals surface area contributed by atoms with Gasteiger partial charge in [-0.2, -0.15) is 9.90 Å². The van der Waals surface area contributed by atoms with E-state index in [4.69, 9.17) is 0 Å². The molecular formula is H10F6NaP. The summed E-state index contributed by atoms with van der Waals surface area (Å²) in [4.78, 5) is 0. The number of halogens is 6. The predicted molar refractivity (Wildman–Crippen MR) is 27.2 cm³/mol. The van der Waals surface area contributed by atoms with Crippen molar-refractivity contribution in [3.05, 3.63) is 0 Å². The minimum atomic E-state index is 0. The first-order chi connectivity index (χ1) is 0. The molecule has 0 aliphatic rings. The maximum Gasteiger partial charge on any atom is 1.00 e. The Bertz CT molecular complexity index is 13.0. The standard InChI is InChI=1S/6FH.Na.H3P.H/h6*1H;;1H3;/q;;;;;;+1;;-1. The molecule has 0 nitrogen and oxygen atoms in total. The second-order valence-electron chi connectivity index (χ2n) is 0. The molecule has 0 N–H and O–H groups in total. The van der Waals surface area contributed by atoms with Crippen molar-refractivity contribution in [1.82, 2.24) is 0 Å². The average molecular weight is 178 g/mol. The molecule has 8 heteroatoms. The first-order valence-electron chi connectivity index (χ1n) is 0. The SMILES string of the molecule is F.F.F.F.F.F.P.[H-].[Na+]. The molecule has 0 rings (SSSR count). The van der Waals surface area contributed by atoms with Crippen molar-refractivity contribution < 1.29 is 59.2 Å². The first kappa shape index (κ1) is 567. The first-order valence-corrected chi connectivity index (χ1v) is 0. The molecule has 0 aliphatic carbocycles. The summed E-state index contributed by atoms with van der Waals surface area (Å²) in [6, 6.07) is 0. The summed E-state index contributed by atoms with van der Waals surface area (Å²) in [5.41, 5.74) is 0. The maximum atomic E-state index is 0. The third-order valence-electron chi connectivity index (χ3n) is 0. The van der Waals surface area contributed by atoms with Crippen LogP contribution < -0.4 is 29.6 Å². The molecule has 0 spiro atoms. The Morgan fingerprint density at radius 1 is 0.500 bits per heavy atom. The molecule has 0 aliphatic heterocycles. The van der Waals surface area contributed by atoms with E-state index in [1.807, 2.05) is 0 Å². The zero-order chi connectivity index (χ0) is 0. The van der Waals surface area contributed by atoms with Gasteiger partial charge < -0.3 is 1.43 Å². The Balaban J connectivity index is 0. The molecule has 58 valence electrons. The van der Waals surface area contributed by atoms with E-state index >= 15 is 0 Å². The third kappa shape index (κ3) is 248. The van der Waals surface area contributed by atoms with Gasteiger partial charge in [-0.3, -0.25) is 28.2 Å². The van der Waals surface area contributed by atoms with Gasteiger partial charge >= 0.3 is 29.6 Å². The van der Waals surface area contributed by atoms with E-state index < -0.39 is 0 Å². The number of rotatable bonds is 0. The quantitative estimate of drug-likeness (QED) is 0.230. The van der Waals surface area contributed by atoms with E-state index in [0.717, 1.165) is 0 Å². The summed E-state index contributed by atoms with van der Waals surface area (Å²) in [6.07, 6.45) is 0. The Labute approximate surface area is 69.4 Å². The molecule has 0 aromatic carbocycles. The molecule has 0 fully saturated rings. The van der Waals surface area contributed by atoms with Gasteiger partial charge in [-0.25, -0.2) is 0 Å². The van der Waals surface area contributed by atoms with Gasteiger partial charge in [0.25, 0.3) is 0 Å². The minimum absolute atomic E-state index is 0. The van der Waals surface area contributed by atoms with E-state index in [-0.39, 0.29) is 69.1 Å². The Morgan fingerprint density at radius 2 is 0.500 bits per heavy atom. The summed E-state index contributed by atoms with van der Waals surface area (Å²) < 4.78 is 0. The van der Waals surface area contributed by atoms with Gasteiger partial charge in [0.2, 0.25) is 0 Å². The number of hydrogen-bond donors (Lipinski definition) is 0. The van der Waals surface area contributed by atoms with Crippen LogP contribution in [0.3, 0.4) is 0 Å². The third-order valence-corrected chi connectivity index (χ3v) is 0. The van der Waals surface area contributed by atoms with E-state index in [2.05, 4.69) is 0 Å². The van der Waals surface area contributed by atoms with Gasteiger partial charge in [0.15, 0.2) is 0 Å². The van der Waals surface area contributed by atoms with E-state index in [1.54, 1.807) is 0 Å². The molecule has 8 heavy (non-hydrogen) atoms. The fourth-order valence-electron chi connectivity index (χ4n) is 0. The smallest absolute Gasteiger partial charge is 1.00 e. The molecule has 0 aromatic rings. The van der Waals surface area contributed by atoms with Crippen LogP contribution in [0.1, 0.15) is 1.43 Å². The van der Waals surface area contributed by atoms with Crippen LogP contribution >= 0.6 is 9.90 Å². The van der Waals surface area contributed by atoms with Gasteiger partial charge in [0, 0.05) is 0 Å². The normalized spacial score (nSPS) is 0. The van der Waals surface area contributed by atoms with Crippen LogP contribution in [0.25, 0.3) is 0 Å². The van der Waals surface area contributed by atoms with Crippen molar-refractivity contribution in [2.24, 2.45) is 0 Å². The topological polar surface area (TPSA) is 0 Å². The van der Waals surface area contributed by atoms with Gasteiger partial charge in [-0.1, -0.05) is 0 Å². The van der Waals surface area contributed by atoms with Gasteiger partial charge in [-0.15, -0.1) is 0 Å². The molecule has 0 saturated carbocycles. The zero-order valence-corrected chi connectivity index (χ0v) is 7.57. The van der Waals surface area contributed by atoms with Crippen LogP contribution in [0.4, 0.5) is 28.2 Å². The zero-order valence-electron chi connectivity index (χ0n) is 5.16. The van der Waals surface area contributed by atoms with Crippen LogP contribution in [-0.2, 0) is 0 Å². The van der Waals surface area contributed by atoms with Crippen LogP contribution in [0, 0.1) is 0 Å². The summed E-state index contributed by atoms with van der Waals surface area (Å²) >= 11 is 0. The Kier molecular flexibility index (Phi) is 27300. The summed E-state index contributed by atoms with van der Waals surface area (Å²) in [6.45, 7) is 0. The molecule has 0 saturated heterocycles. The fraction of sp³-hybridized carbons (Fsp3) is 0. The van der Waals surface area contributed by atoms with Crippen molar-refractivity contribution in [3.63, 3.8) is 0 Å². The Hall–Kier alpha value is 1.01. The molecule has 1 atom stereocenters. The molecule has 0 bridgehead atoms. The second-order valence-corrected chi connectivity index (χ2v) is 0. The van der Waals surface area contributed by atoms with Crippen LogP contribution in [0.15, 0.2) is 0 Å². The molecule has 1 unspecified atom stereocenters. The monoisotopic (exact) mass is 178 g/mol.